The largest absolute Gasteiger partial charge is 0.466 e. The number of aldehydes is 1. The van der Waals surface area contributed by atoms with Crippen LogP contribution in [0.3, 0.4) is 0 Å². The second-order valence-corrected chi connectivity index (χ2v) is 7.76. The highest BCUT2D eigenvalue weighted by Crippen LogP contribution is 2.52. The summed E-state index contributed by atoms with van der Waals surface area (Å²) in [5.74, 6) is -5.19. The Hall–Kier alpha value is -3.50. The summed E-state index contributed by atoms with van der Waals surface area (Å²) in [7, 11) is 0. The number of nitrogens with zero attached hydrogens (tertiary/aromatic N) is 2. The molecule has 0 N–H and O–H groups in total. The third kappa shape index (κ3) is 3.99. The Balaban J connectivity index is 2.17. The molecule has 1 aromatic rings. The van der Waals surface area contributed by atoms with E-state index in [4.69, 9.17) is 9.47 Å². The fourth-order valence-electron chi connectivity index (χ4n) is 4.52. The number of allylic oxidation sites excluding steroid dienone is 1. The Bertz CT molecular complexity index is 1060. The molecule has 0 bridgehead atoms. The van der Waals surface area contributed by atoms with Gasteiger partial charge in [-0.2, -0.15) is 23.3 Å². The molecule has 0 aromatic heterocycles. The molecule has 2 aliphatic rings. The van der Waals surface area contributed by atoms with E-state index in [2.05, 4.69) is 5.10 Å². The zero-order chi connectivity index (χ0) is 25.3. The maximum atomic E-state index is 13.9. The lowest BCUT2D eigenvalue weighted by Gasteiger charge is -2.42. The Morgan fingerprint density at radius 1 is 1.15 bits per heavy atom. The van der Waals surface area contributed by atoms with Crippen molar-refractivity contribution in [1.29, 1.82) is 0 Å². The molecule has 3 atom stereocenters. The summed E-state index contributed by atoms with van der Waals surface area (Å²) < 4.78 is 49.2. The second-order valence-electron chi connectivity index (χ2n) is 7.76. The second kappa shape index (κ2) is 9.40. The fourth-order valence-corrected chi connectivity index (χ4v) is 4.52. The van der Waals surface area contributed by atoms with Crippen LogP contribution in [0.1, 0.15) is 32.8 Å². The molecule has 1 aliphatic heterocycles. The van der Waals surface area contributed by atoms with E-state index in [1.54, 1.807) is 13.8 Å². The molecule has 0 saturated carbocycles. The Morgan fingerprint density at radius 2 is 1.74 bits per heavy atom. The quantitative estimate of drug-likeness (QED) is 0.457. The molecular formula is C23H23F3N2O6. The predicted octanol–water partition coefficient (Wildman–Crippen LogP) is 3.30. The van der Waals surface area contributed by atoms with E-state index >= 15 is 0 Å². The maximum Gasteiger partial charge on any atom is 0.416 e. The first-order chi connectivity index (χ1) is 16.0. The van der Waals surface area contributed by atoms with E-state index < -0.39 is 46.8 Å². The van der Waals surface area contributed by atoms with Gasteiger partial charge in [0.05, 0.1) is 36.1 Å². The van der Waals surface area contributed by atoms with Crippen LogP contribution < -0.4 is 5.01 Å². The third-order valence-corrected chi connectivity index (χ3v) is 5.99. The highest BCUT2D eigenvalue weighted by molar-refractivity contribution is 6.23. The van der Waals surface area contributed by atoms with Gasteiger partial charge in [0.25, 0.3) is 5.91 Å². The van der Waals surface area contributed by atoms with Gasteiger partial charge >= 0.3 is 18.1 Å². The van der Waals surface area contributed by atoms with Crippen molar-refractivity contribution >= 4 is 35.5 Å². The molecule has 0 unspecified atom stereocenters. The van der Waals surface area contributed by atoms with Crippen LogP contribution in [-0.2, 0) is 34.8 Å². The number of carbonyl (C=O) groups excluding carboxylic acids is 4. The zero-order valence-corrected chi connectivity index (χ0v) is 18.7. The normalized spacial score (nSPS) is 24.5. The van der Waals surface area contributed by atoms with Crippen LogP contribution in [0, 0.1) is 17.3 Å². The number of anilines is 1. The molecule has 0 fully saturated rings. The van der Waals surface area contributed by atoms with Crippen molar-refractivity contribution in [2.45, 2.75) is 33.4 Å². The fraction of sp³-hybridized carbons (Fsp3) is 0.435. The van der Waals surface area contributed by atoms with E-state index in [0.717, 1.165) is 29.3 Å². The van der Waals surface area contributed by atoms with E-state index in [1.165, 1.54) is 13.0 Å². The van der Waals surface area contributed by atoms with Crippen LogP contribution in [0.4, 0.5) is 18.9 Å². The average Bonchev–Trinajstić information content (AvgIpc) is 3.04. The van der Waals surface area contributed by atoms with Gasteiger partial charge < -0.3 is 9.47 Å². The van der Waals surface area contributed by atoms with Crippen molar-refractivity contribution in [1.82, 2.24) is 0 Å². The molecule has 1 spiro atoms. The number of hydrazone groups is 1. The van der Waals surface area contributed by atoms with E-state index in [1.807, 2.05) is 0 Å². The van der Waals surface area contributed by atoms with Gasteiger partial charge in [0.1, 0.15) is 17.6 Å². The number of alkyl halides is 3. The molecule has 1 aliphatic carbocycles. The Kier molecular flexibility index (Phi) is 6.94. The summed E-state index contributed by atoms with van der Waals surface area (Å²) in [4.78, 5) is 51.7. The minimum absolute atomic E-state index is 0.00153. The molecule has 0 radical (unpaired) electrons. The average molecular weight is 480 g/mol. The SMILES string of the molecule is CCOC(=O)[C@@H]1C(C=O)=CC[C@@H](C(=O)OCC)[C@@]12C(=O)N(c1ccc(C(F)(F)F)cc1)N=C2C. The van der Waals surface area contributed by atoms with Gasteiger partial charge in [-0.25, -0.2) is 0 Å². The van der Waals surface area contributed by atoms with Crippen molar-refractivity contribution in [2.75, 3.05) is 18.2 Å². The van der Waals surface area contributed by atoms with Gasteiger partial charge in [-0.3, -0.25) is 19.2 Å². The molecule has 34 heavy (non-hydrogen) atoms. The molecule has 11 heteroatoms. The summed E-state index contributed by atoms with van der Waals surface area (Å²) in [5, 5.41) is 5.07. The van der Waals surface area contributed by atoms with Crippen molar-refractivity contribution in [3.8, 4) is 0 Å². The maximum absolute atomic E-state index is 13.9. The zero-order valence-electron chi connectivity index (χ0n) is 18.7. The van der Waals surface area contributed by atoms with Gasteiger partial charge in [0, 0.05) is 5.57 Å². The van der Waals surface area contributed by atoms with Gasteiger partial charge in [-0.1, -0.05) is 6.08 Å². The first kappa shape index (κ1) is 25.1. The molecule has 0 saturated heterocycles. The number of hydrogen-bond acceptors (Lipinski definition) is 7. The van der Waals surface area contributed by atoms with Crippen molar-refractivity contribution in [3.63, 3.8) is 0 Å². The number of ether oxygens (including phenoxy) is 2. The highest BCUT2D eigenvalue weighted by atomic mass is 19.4. The van der Waals surface area contributed by atoms with Gasteiger partial charge in [-0.15, -0.1) is 0 Å². The summed E-state index contributed by atoms with van der Waals surface area (Å²) in [6.07, 6.45) is -2.85. The number of hydrogen-bond donors (Lipinski definition) is 0. The van der Waals surface area contributed by atoms with Crippen LogP contribution in [0.2, 0.25) is 0 Å². The molecule has 8 nitrogen and oxygen atoms in total. The summed E-state index contributed by atoms with van der Waals surface area (Å²) in [5.41, 5.74) is -2.86. The van der Waals surface area contributed by atoms with E-state index in [9.17, 15) is 32.3 Å². The molecule has 3 rings (SSSR count). The van der Waals surface area contributed by atoms with Crippen molar-refractivity contribution < 1.29 is 41.8 Å². The summed E-state index contributed by atoms with van der Waals surface area (Å²) in [6.45, 7) is 4.51. The first-order valence-electron chi connectivity index (χ1n) is 10.6. The predicted molar refractivity (Wildman–Crippen MR) is 113 cm³/mol. The molecule has 182 valence electrons. The summed E-state index contributed by atoms with van der Waals surface area (Å²) in [6, 6.07) is 3.71. The number of carbonyl (C=O) groups is 4. The van der Waals surface area contributed by atoms with Crippen LogP contribution in [0.25, 0.3) is 0 Å². The Labute approximate surface area is 193 Å². The van der Waals surface area contributed by atoms with Crippen LogP contribution in [0.15, 0.2) is 41.0 Å². The number of amides is 1. The van der Waals surface area contributed by atoms with Crippen molar-refractivity contribution in [2.24, 2.45) is 22.4 Å². The van der Waals surface area contributed by atoms with Gasteiger partial charge in [0.15, 0.2) is 0 Å². The van der Waals surface area contributed by atoms with E-state index in [-0.39, 0.29) is 36.6 Å². The van der Waals surface area contributed by atoms with Gasteiger partial charge in [0.2, 0.25) is 0 Å². The van der Waals surface area contributed by atoms with Crippen molar-refractivity contribution in [3.05, 3.63) is 41.5 Å². The summed E-state index contributed by atoms with van der Waals surface area (Å²) >= 11 is 0. The minimum Gasteiger partial charge on any atom is -0.466 e. The minimum atomic E-state index is -4.58. The lowest BCUT2D eigenvalue weighted by Crippen LogP contribution is -2.57. The molecule has 1 heterocycles. The highest BCUT2D eigenvalue weighted by Gasteiger charge is 2.66. The smallest absolute Gasteiger partial charge is 0.416 e. The lowest BCUT2D eigenvalue weighted by atomic mass is 9.57. The number of halogens is 3. The topological polar surface area (TPSA) is 102 Å². The number of benzene rings is 1. The Morgan fingerprint density at radius 3 is 2.26 bits per heavy atom. The number of rotatable bonds is 6. The molecular weight excluding hydrogens is 457 g/mol. The molecule has 1 amide bonds. The van der Waals surface area contributed by atoms with E-state index in [0.29, 0.717) is 6.29 Å². The standard InChI is InChI=1S/C23H23F3N2O6/c1-4-33-19(30)17-11-6-14(12-29)18(20(31)34-5-2)22(17)13(3)27-28(21(22)32)16-9-7-15(8-10-16)23(24,25)26/h6-10,12,17-18H,4-5,11H2,1-3H3/t17-,18-,22+/m0/s1. The first-order valence-corrected chi connectivity index (χ1v) is 10.6. The van der Waals surface area contributed by atoms with Crippen LogP contribution >= 0.6 is 0 Å². The third-order valence-electron chi connectivity index (χ3n) is 5.99. The lowest BCUT2D eigenvalue weighted by molar-refractivity contribution is -0.162. The monoisotopic (exact) mass is 480 g/mol. The molecule has 1 aromatic carbocycles. The van der Waals surface area contributed by atoms with Crippen LogP contribution in [-0.4, -0.2) is 43.1 Å². The van der Waals surface area contributed by atoms with Crippen LogP contribution in [0.5, 0.6) is 0 Å². The van der Waals surface area contributed by atoms with Gasteiger partial charge in [-0.05, 0) is 51.5 Å². The number of esters is 2.